The number of hydrogen-bond donors (Lipinski definition) is 1. The van der Waals surface area contributed by atoms with E-state index in [0.717, 1.165) is 11.4 Å². The van der Waals surface area contributed by atoms with Gasteiger partial charge in [0, 0.05) is 17.0 Å². The lowest BCUT2D eigenvalue weighted by Crippen LogP contribution is -1.93. The predicted octanol–water partition coefficient (Wildman–Crippen LogP) is 3.53. The molecule has 2 aromatic rings. The van der Waals surface area contributed by atoms with Crippen molar-refractivity contribution in [3.63, 3.8) is 0 Å². The molecule has 1 aliphatic carbocycles. The monoisotopic (exact) mass is 200 g/mol. The van der Waals surface area contributed by atoms with E-state index in [1.54, 1.807) is 0 Å². The third kappa shape index (κ3) is 1.36. The van der Waals surface area contributed by atoms with Gasteiger partial charge in [-0.1, -0.05) is 25.0 Å². The Morgan fingerprint density at radius 2 is 2.07 bits per heavy atom. The molecule has 0 amide bonds. The molecule has 3 rings (SSSR count). The molecule has 0 saturated heterocycles. The Morgan fingerprint density at radius 3 is 2.87 bits per heavy atom. The fourth-order valence-corrected chi connectivity index (χ4v) is 2.78. The molecule has 0 spiro atoms. The summed E-state index contributed by atoms with van der Waals surface area (Å²) in [6.45, 7) is 2.18. The summed E-state index contributed by atoms with van der Waals surface area (Å²) < 4.78 is 0. The lowest BCUT2D eigenvalue weighted by molar-refractivity contribution is 0.698. The standard InChI is InChI=1S/C13H16N2/c1-9-5-4-8-11-12(9)13(15-14-11)10-6-2-3-7-10/h4-5,8,10H,2-3,6-7H2,1H3,(H,14,15). The fourth-order valence-electron chi connectivity index (χ4n) is 2.78. The number of nitrogens with zero attached hydrogens (tertiary/aromatic N) is 1. The molecule has 1 fully saturated rings. The number of rotatable bonds is 1. The molecule has 1 saturated carbocycles. The van der Waals surface area contributed by atoms with Crippen molar-refractivity contribution in [3.05, 3.63) is 29.5 Å². The van der Waals surface area contributed by atoms with Gasteiger partial charge < -0.3 is 0 Å². The summed E-state index contributed by atoms with van der Waals surface area (Å²) in [6, 6.07) is 6.35. The average Bonchev–Trinajstić information content (AvgIpc) is 2.85. The molecule has 0 bridgehead atoms. The van der Waals surface area contributed by atoms with Crippen molar-refractivity contribution in [1.29, 1.82) is 0 Å². The van der Waals surface area contributed by atoms with Gasteiger partial charge in [0.15, 0.2) is 0 Å². The lowest BCUT2D eigenvalue weighted by atomic mass is 9.98. The molecule has 0 unspecified atom stereocenters. The zero-order valence-corrected chi connectivity index (χ0v) is 9.09. The maximum atomic E-state index is 4.40. The molecular weight excluding hydrogens is 184 g/mol. The third-order valence-corrected chi connectivity index (χ3v) is 3.58. The van der Waals surface area contributed by atoms with Crippen molar-refractivity contribution >= 4 is 10.9 Å². The van der Waals surface area contributed by atoms with E-state index >= 15 is 0 Å². The molecule has 1 aliphatic rings. The van der Waals surface area contributed by atoms with Crippen LogP contribution in [0.5, 0.6) is 0 Å². The number of aromatic amines is 1. The first-order valence-electron chi connectivity index (χ1n) is 5.80. The molecular formula is C13H16N2. The van der Waals surface area contributed by atoms with Gasteiger partial charge in [-0.15, -0.1) is 0 Å². The number of H-pyrrole nitrogens is 1. The van der Waals surface area contributed by atoms with E-state index in [-0.39, 0.29) is 0 Å². The summed E-state index contributed by atoms with van der Waals surface area (Å²) in [5.41, 5.74) is 3.85. The molecule has 1 aromatic carbocycles. The Balaban J connectivity index is 2.18. The van der Waals surface area contributed by atoms with Crippen molar-refractivity contribution in [2.24, 2.45) is 0 Å². The molecule has 1 N–H and O–H groups in total. The second kappa shape index (κ2) is 3.37. The van der Waals surface area contributed by atoms with Gasteiger partial charge in [-0.2, -0.15) is 5.10 Å². The van der Waals surface area contributed by atoms with Gasteiger partial charge in [-0.25, -0.2) is 0 Å². The Labute approximate surface area is 89.7 Å². The number of benzene rings is 1. The molecule has 2 heteroatoms. The molecule has 1 aromatic heterocycles. The van der Waals surface area contributed by atoms with Crippen LogP contribution < -0.4 is 0 Å². The molecule has 1 heterocycles. The zero-order chi connectivity index (χ0) is 10.3. The number of hydrogen-bond acceptors (Lipinski definition) is 1. The average molecular weight is 200 g/mol. The van der Waals surface area contributed by atoms with E-state index < -0.39 is 0 Å². The summed E-state index contributed by atoms with van der Waals surface area (Å²) in [6.07, 6.45) is 5.39. The summed E-state index contributed by atoms with van der Waals surface area (Å²) >= 11 is 0. The van der Waals surface area contributed by atoms with Crippen molar-refractivity contribution in [2.75, 3.05) is 0 Å². The van der Waals surface area contributed by atoms with Crippen LogP contribution in [0.2, 0.25) is 0 Å². The maximum Gasteiger partial charge on any atom is 0.0926 e. The fraction of sp³-hybridized carbons (Fsp3) is 0.462. The minimum Gasteiger partial charge on any atom is -0.281 e. The van der Waals surface area contributed by atoms with Crippen LogP contribution >= 0.6 is 0 Å². The van der Waals surface area contributed by atoms with Crippen LogP contribution in [0.1, 0.15) is 42.9 Å². The van der Waals surface area contributed by atoms with Gasteiger partial charge >= 0.3 is 0 Å². The highest BCUT2D eigenvalue weighted by Gasteiger charge is 2.21. The first-order valence-corrected chi connectivity index (χ1v) is 5.80. The topological polar surface area (TPSA) is 28.7 Å². The first-order chi connectivity index (χ1) is 7.36. The van der Waals surface area contributed by atoms with Crippen molar-refractivity contribution < 1.29 is 0 Å². The van der Waals surface area contributed by atoms with E-state index in [1.165, 1.54) is 42.3 Å². The summed E-state index contributed by atoms with van der Waals surface area (Å²) in [7, 11) is 0. The zero-order valence-electron chi connectivity index (χ0n) is 9.09. The second-order valence-corrected chi connectivity index (χ2v) is 4.59. The van der Waals surface area contributed by atoms with E-state index in [4.69, 9.17) is 0 Å². The molecule has 0 radical (unpaired) electrons. The summed E-state index contributed by atoms with van der Waals surface area (Å²) in [5, 5.41) is 9.01. The van der Waals surface area contributed by atoms with Gasteiger partial charge in [-0.3, -0.25) is 5.10 Å². The van der Waals surface area contributed by atoms with E-state index in [0.29, 0.717) is 0 Å². The quantitative estimate of drug-likeness (QED) is 0.749. The first kappa shape index (κ1) is 8.96. The third-order valence-electron chi connectivity index (χ3n) is 3.58. The molecule has 15 heavy (non-hydrogen) atoms. The van der Waals surface area contributed by atoms with E-state index in [2.05, 4.69) is 35.3 Å². The SMILES string of the molecule is Cc1cccc2n[nH]c(C3CCCC3)c12. The van der Waals surface area contributed by atoms with Crippen LogP contribution in [-0.2, 0) is 0 Å². The molecule has 78 valence electrons. The van der Waals surface area contributed by atoms with Crippen LogP contribution in [0.25, 0.3) is 10.9 Å². The van der Waals surface area contributed by atoms with Crippen molar-refractivity contribution in [3.8, 4) is 0 Å². The Hall–Kier alpha value is -1.31. The Kier molecular flexibility index (Phi) is 2.01. The highest BCUT2D eigenvalue weighted by Crippen LogP contribution is 2.37. The molecule has 0 atom stereocenters. The predicted molar refractivity (Wildman–Crippen MR) is 62.0 cm³/mol. The van der Waals surface area contributed by atoms with Crippen molar-refractivity contribution in [2.45, 2.75) is 38.5 Å². The number of aryl methyl sites for hydroxylation is 1. The van der Waals surface area contributed by atoms with Crippen molar-refractivity contribution in [1.82, 2.24) is 10.2 Å². The van der Waals surface area contributed by atoms with Crippen LogP contribution in [0.3, 0.4) is 0 Å². The second-order valence-electron chi connectivity index (χ2n) is 4.59. The molecule has 0 aliphatic heterocycles. The summed E-state index contributed by atoms with van der Waals surface area (Å²) in [5.74, 6) is 0.719. The Morgan fingerprint density at radius 1 is 1.27 bits per heavy atom. The lowest BCUT2D eigenvalue weighted by Gasteiger charge is -2.07. The van der Waals surface area contributed by atoms with Crippen LogP contribution in [0, 0.1) is 6.92 Å². The van der Waals surface area contributed by atoms with E-state index in [1.807, 2.05) is 0 Å². The number of aromatic nitrogens is 2. The van der Waals surface area contributed by atoms with Gasteiger partial charge in [-0.05, 0) is 31.4 Å². The van der Waals surface area contributed by atoms with Gasteiger partial charge in [0.2, 0.25) is 0 Å². The van der Waals surface area contributed by atoms with Crippen LogP contribution in [0.4, 0.5) is 0 Å². The van der Waals surface area contributed by atoms with Gasteiger partial charge in [0.1, 0.15) is 0 Å². The Bertz CT molecular complexity index is 478. The van der Waals surface area contributed by atoms with Crippen LogP contribution in [0.15, 0.2) is 18.2 Å². The van der Waals surface area contributed by atoms with Crippen LogP contribution in [-0.4, -0.2) is 10.2 Å². The minimum absolute atomic E-state index is 0.719. The van der Waals surface area contributed by atoms with Gasteiger partial charge in [0.25, 0.3) is 0 Å². The summed E-state index contributed by atoms with van der Waals surface area (Å²) in [4.78, 5) is 0. The molecule has 2 nitrogen and oxygen atoms in total. The smallest absolute Gasteiger partial charge is 0.0926 e. The highest BCUT2D eigenvalue weighted by atomic mass is 15.1. The number of fused-ring (bicyclic) bond motifs is 1. The number of nitrogens with one attached hydrogen (secondary N) is 1. The van der Waals surface area contributed by atoms with E-state index in [9.17, 15) is 0 Å². The maximum absolute atomic E-state index is 4.40. The van der Waals surface area contributed by atoms with Gasteiger partial charge in [0.05, 0.1) is 5.52 Å². The highest BCUT2D eigenvalue weighted by molar-refractivity contribution is 5.85. The minimum atomic E-state index is 0.719. The normalized spacial score (nSPS) is 17.7. The largest absolute Gasteiger partial charge is 0.281 e.